The number of amides is 1. The van der Waals surface area contributed by atoms with E-state index in [9.17, 15) is 9.59 Å². The van der Waals surface area contributed by atoms with Crippen LogP contribution in [0.2, 0.25) is 0 Å². The summed E-state index contributed by atoms with van der Waals surface area (Å²) >= 11 is 1.57. The molecule has 2 aromatic rings. The number of aromatic nitrogens is 1. The molecule has 25 heavy (non-hydrogen) atoms. The lowest BCUT2D eigenvalue weighted by Crippen LogP contribution is -2.44. The summed E-state index contributed by atoms with van der Waals surface area (Å²) in [6.07, 6.45) is 3.69. The van der Waals surface area contributed by atoms with Gasteiger partial charge in [-0.2, -0.15) is 11.3 Å². The Labute approximate surface area is 150 Å². The second-order valence-electron chi connectivity index (χ2n) is 6.38. The number of oxazole rings is 1. The van der Waals surface area contributed by atoms with Crippen LogP contribution in [0, 0.1) is 6.92 Å². The number of aliphatic carboxylic acids is 1. The van der Waals surface area contributed by atoms with E-state index in [4.69, 9.17) is 9.52 Å². The van der Waals surface area contributed by atoms with E-state index in [0.29, 0.717) is 30.3 Å². The Morgan fingerprint density at radius 3 is 3.00 bits per heavy atom. The van der Waals surface area contributed by atoms with Gasteiger partial charge in [0.2, 0.25) is 11.8 Å². The third-order valence-corrected chi connectivity index (χ3v) is 5.30. The van der Waals surface area contributed by atoms with Crippen molar-refractivity contribution in [2.45, 2.75) is 51.5 Å². The number of hydrogen-bond acceptors (Lipinski definition) is 5. The van der Waals surface area contributed by atoms with Crippen molar-refractivity contribution in [2.24, 2.45) is 0 Å². The van der Waals surface area contributed by atoms with Crippen molar-refractivity contribution >= 4 is 23.2 Å². The third kappa shape index (κ3) is 4.28. The number of carboxylic acid groups (broad SMARTS) is 1. The van der Waals surface area contributed by atoms with Crippen LogP contribution in [0.25, 0.3) is 11.5 Å². The molecule has 1 aliphatic rings. The molecule has 0 saturated carbocycles. The van der Waals surface area contributed by atoms with Crippen molar-refractivity contribution < 1.29 is 19.1 Å². The van der Waals surface area contributed by atoms with E-state index in [2.05, 4.69) is 4.98 Å². The minimum absolute atomic E-state index is 0.00311. The zero-order valence-corrected chi connectivity index (χ0v) is 15.1. The molecule has 7 heteroatoms. The van der Waals surface area contributed by atoms with Gasteiger partial charge < -0.3 is 14.4 Å². The van der Waals surface area contributed by atoms with Crippen LogP contribution in [0.5, 0.6) is 0 Å². The summed E-state index contributed by atoms with van der Waals surface area (Å²) in [6, 6.07) is 1.95. The van der Waals surface area contributed by atoms with E-state index in [1.807, 2.05) is 28.7 Å². The summed E-state index contributed by atoms with van der Waals surface area (Å²) in [7, 11) is 0. The summed E-state index contributed by atoms with van der Waals surface area (Å²) in [5.41, 5.74) is 1.58. The lowest BCUT2D eigenvalue weighted by Gasteiger charge is -2.35. The predicted molar refractivity (Wildman–Crippen MR) is 94.5 cm³/mol. The molecule has 1 aliphatic heterocycles. The van der Waals surface area contributed by atoms with Gasteiger partial charge in [-0.25, -0.2) is 4.98 Å². The molecule has 134 valence electrons. The number of carbonyl (C=O) groups is 2. The van der Waals surface area contributed by atoms with Crippen molar-refractivity contribution in [3.8, 4) is 11.5 Å². The quantitative estimate of drug-likeness (QED) is 0.850. The maximum absolute atomic E-state index is 12.8. The maximum Gasteiger partial charge on any atom is 0.303 e. The van der Waals surface area contributed by atoms with Gasteiger partial charge in [0.15, 0.2) is 0 Å². The number of likely N-dealkylation sites (tertiary alicyclic amines) is 1. The van der Waals surface area contributed by atoms with Crippen LogP contribution in [-0.2, 0) is 16.0 Å². The average Bonchev–Trinajstić information content (AvgIpc) is 3.23. The molecule has 1 unspecified atom stereocenters. The first-order valence-corrected chi connectivity index (χ1v) is 9.49. The Hall–Kier alpha value is -2.15. The van der Waals surface area contributed by atoms with Crippen LogP contribution in [0.4, 0.5) is 0 Å². The SMILES string of the molecule is Cc1oc(-c2ccsc2)nc1CC(=O)N1CCCCC1CCC(=O)O. The molecular weight excluding hydrogens is 340 g/mol. The van der Waals surface area contributed by atoms with Crippen LogP contribution >= 0.6 is 11.3 Å². The van der Waals surface area contributed by atoms with E-state index in [0.717, 1.165) is 24.8 Å². The number of rotatable bonds is 6. The lowest BCUT2D eigenvalue weighted by atomic mass is 9.97. The minimum atomic E-state index is -0.814. The molecule has 6 nitrogen and oxygen atoms in total. The fourth-order valence-electron chi connectivity index (χ4n) is 3.27. The fourth-order valence-corrected chi connectivity index (χ4v) is 3.90. The number of carboxylic acids is 1. The van der Waals surface area contributed by atoms with E-state index in [1.54, 1.807) is 11.3 Å². The second kappa shape index (κ2) is 7.82. The average molecular weight is 362 g/mol. The number of carbonyl (C=O) groups excluding carboxylic acids is 1. The van der Waals surface area contributed by atoms with Gasteiger partial charge in [-0.05, 0) is 44.1 Å². The molecule has 1 fully saturated rings. The van der Waals surface area contributed by atoms with E-state index in [1.165, 1.54) is 0 Å². The van der Waals surface area contributed by atoms with Crippen LogP contribution in [0.1, 0.15) is 43.6 Å². The van der Waals surface area contributed by atoms with Crippen LogP contribution in [0.3, 0.4) is 0 Å². The minimum Gasteiger partial charge on any atom is -0.481 e. The van der Waals surface area contributed by atoms with Crippen LogP contribution in [0.15, 0.2) is 21.2 Å². The molecule has 1 atom stereocenters. The Bertz CT molecular complexity index is 738. The van der Waals surface area contributed by atoms with Crippen molar-refractivity contribution in [3.63, 3.8) is 0 Å². The Kier molecular flexibility index (Phi) is 5.53. The Balaban J connectivity index is 1.69. The molecule has 0 aromatic carbocycles. The smallest absolute Gasteiger partial charge is 0.303 e. The molecule has 1 saturated heterocycles. The fraction of sp³-hybridized carbons (Fsp3) is 0.500. The molecule has 1 amide bonds. The molecule has 0 spiro atoms. The highest BCUT2D eigenvalue weighted by molar-refractivity contribution is 7.08. The van der Waals surface area contributed by atoms with E-state index >= 15 is 0 Å². The molecule has 0 aliphatic carbocycles. The van der Waals surface area contributed by atoms with E-state index in [-0.39, 0.29) is 24.8 Å². The summed E-state index contributed by atoms with van der Waals surface area (Å²) < 4.78 is 5.70. The van der Waals surface area contributed by atoms with Gasteiger partial charge in [0.05, 0.1) is 12.1 Å². The first-order chi connectivity index (χ1) is 12.0. The first-order valence-electron chi connectivity index (χ1n) is 8.54. The van der Waals surface area contributed by atoms with Gasteiger partial charge in [-0.1, -0.05) is 0 Å². The molecule has 2 aromatic heterocycles. The monoisotopic (exact) mass is 362 g/mol. The largest absolute Gasteiger partial charge is 0.481 e. The Morgan fingerprint density at radius 1 is 1.44 bits per heavy atom. The number of thiophene rings is 1. The number of aryl methyl sites for hydroxylation is 1. The van der Waals surface area contributed by atoms with Crippen molar-refractivity contribution in [3.05, 3.63) is 28.3 Å². The van der Waals surface area contributed by atoms with Crippen LogP contribution < -0.4 is 0 Å². The van der Waals surface area contributed by atoms with Crippen molar-refractivity contribution in [1.82, 2.24) is 9.88 Å². The van der Waals surface area contributed by atoms with Crippen molar-refractivity contribution in [1.29, 1.82) is 0 Å². The number of piperidine rings is 1. The van der Waals surface area contributed by atoms with Gasteiger partial charge >= 0.3 is 5.97 Å². The highest BCUT2D eigenvalue weighted by Crippen LogP contribution is 2.26. The molecule has 0 bridgehead atoms. The van der Waals surface area contributed by atoms with Crippen molar-refractivity contribution in [2.75, 3.05) is 6.54 Å². The highest BCUT2D eigenvalue weighted by atomic mass is 32.1. The maximum atomic E-state index is 12.8. The van der Waals surface area contributed by atoms with Gasteiger partial charge in [0.1, 0.15) is 5.76 Å². The third-order valence-electron chi connectivity index (χ3n) is 4.62. The number of nitrogens with zero attached hydrogens (tertiary/aromatic N) is 2. The molecular formula is C18H22N2O4S. The summed E-state index contributed by atoms with van der Waals surface area (Å²) in [4.78, 5) is 29.9. The topological polar surface area (TPSA) is 83.6 Å². The van der Waals surface area contributed by atoms with Crippen LogP contribution in [-0.4, -0.2) is 39.5 Å². The molecule has 1 N–H and O–H groups in total. The summed E-state index contributed by atoms with van der Waals surface area (Å²) in [6.45, 7) is 2.51. The second-order valence-corrected chi connectivity index (χ2v) is 7.16. The number of hydrogen-bond donors (Lipinski definition) is 1. The molecule has 3 heterocycles. The van der Waals surface area contributed by atoms with Gasteiger partial charge in [0.25, 0.3) is 0 Å². The zero-order chi connectivity index (χ0) is 17.8. The zero-order valence-electron chi connectivity index (χ0n) is 14.2. The predicted octanol–water partition coefficient (Wildman–Crippen LogP) is 3.50. The summed E-state index contributed by atoms with van der Waals surface area (Å²) in [5.74, 6) is 0.394. The summed E-state index contributed by atoms with van der Waals surface area (Å²) in [5, 5.41) is 12.8. The molecule has 3 rings (SSSR count). The normalized spacial score (nSPS) is 17.6. The molecule has 0 radical (unpaired) electrons. The van der Waals surface area contributed by atoms with Gasteiger partial charge in [-0.15, -0.1) is 0 Å². The lowest BCUT2D eigenvalue weighted by molar-refractivity contribution is -0.139. The standard InChI is InChI=1S/C18H22N2O4S/c1-12-15(19-18(24-12)13-7-9-25-11-13)10-16(21)20-8-3-2-4-14(20)5-6-17(22)23/h7,9,11,14H,2-6,8,10H2,1H3,(H,22,23). The van der Waals surface area contributed by atoms with Gasteiger partial charge in [0, 0.05) is 30.0 Å². The van der Waals surface area contributed by atoms with E-state index < -0.39 is 5.97 Å². The Morgan fingerprint density at radius 2 is 2.28 bits per heavy atom. The first kappa shape index (κ1) is 17.7. The highest BCUT2D eigenvalue weighted by Gasteiger charge is 2.28. The van der Waals surface area contributed by atoms with Gasteiger partial charge in [-0.3, -0.25) is 9.59 Å².